The number of rotatable bonds is 13. The van der Waals surface area contributed by atoms with Crippen molar-refractivity contribution in [3.63, 3.8) is 0 Å². The van der Waals surface area contributed by atoms with Gasteiger partial charge in [-0.3, -0.25) is 0 Å². The zero-order chi connectivity index (χ0) is 15.2. The summed E-state index contributed by atoms with van der Waals surface area (Å²) in [6.45, 7) is 7.13. The van der Waals surface area contributed by atoms with Gasteiger partial charge in [0, 0.05) is 12.1 Å². The maximum atomic E-state index is 5.94. The quantitative estimate of drug-likeness (QED) is 0.497. The number of unbranched alkanes of at least 4 members (excludes halogenated alkanes) is 7. The number of hydrogen-bond acceptors (Lipinski definition) is 2. The SMILES string of the molecule is CCCCCCCCCCOc1ccccc1CNCC. The van der Waals surface area contributed by atoms with Crippen molar-refractivity contribution >= 4 is 0 Å². The first-order chi connectivity index (χ1) is 10.4. The highest BCUT2D eigenvalue weighted by molar-refractivity contribution is 5.33. The molecule has 0 aliphatic rings. The molecule has 0 unspecified atom stereocenters. The van der Waals surface area contributed by atoms with E-state index in [0.717, 1.165) is 25.4 Å². The van der Waals surface area contributed by atoms with Crippen LogP contribution in [0.1, 0.15) is 70.8 Å². The van der Waals surface area contributed by atoms with Crippen molar-refractivity contribution in [2.75, 3.05) is 13.2 Å². The molecule has 0 atom stereocenters. The largest absolute Gasteiger partial charge is 0.493 e. The third-order valence-corrected chi connectivity index (χ3v) is 3.79. The molecule has 0 bridgehead atoms. The molecule has 0 fully saturated rings. The summed E-state index contributed by atoms with van der Waals surface area (Å²) in [5.41, 5.74) is 1.26. The number of para-hydroxylation sites is 1. The van der Waals surface area contributed by atoms with Crippen molar-refractivity contribution in [3.8, 4) is 5.75 Å². The van der Waals surface area contributed by atoms with E-state index in [0.29, 0.717) is 0 Å². The van der Waals surface area contributed by atoms with Crippen LogP contribution in [0.3, 0.4) is 0 Å². The number of nitrogens with one attached hydrogen (secondary N) is 1. The van der Waals surface area contributed by atoms with Crippen LogP contribution in [0.5, 0.6) is 5.75 Å². The Balaban J connectivity index is 2.09. The highest BCUT2D eigenvalue weighted by Gasteiger charge is 2.01. The number of hydrogen-bond donors (Lipinski definition) is 1. The summed E-state index contributed by atoms with van der Waals surface area (Å²) in [5.74, 6) is 1.04. The van der Waals surface area contributed by atoms with Crippen LogP contribution in [0.4, 0.5) is 0 Å². The van der Waals surface area contributed by atoms with Crippen LogP contribution >= 0.6 is 0 Å². The van der Waals surface area contributed by atoms with Gasteiger partial charge in [-0.25, -0.2) is 0 Å². The van der Waals surface area contributed by atoms with E-state index in [1.54, 1.807) is 0 Å². The monoisotopic (exact) mass is 291 g/mol. The molecule has 21 heavy (non-hydrogen) atoms. The second-order valence-electron chi connectivity index (χ2n) is 5.71. The summed E-state index contributed by atoms with van der Waals surface area (Å²) in [7, 11) is 0. The molecule has 0 spiro atoms. The van der Waals surface area contributed by atoms with E-state index >= 15 is 0 Å². The lowest BCUT2D eigenvalue weighted by atomic mass is 10.1. The molecule has 0 heterocycles. The van der Waals surface area contributed by atoms with Crippen molar-refractivity contribution in [2.24, 2.45) is 0 Å². The lowest BCUT2D eigenvalue weighted by Gasteiger charge is -2.11. The Morgan fingerprint density at radius 1 is 0.857 bits per heavy atom. The van der Waals surface area contributed by atoms with Crippen LogP contribution in [-0.4, -0.2) is 13.2 Å². The highest BCUT2D eigenvalue weighted by Crippen LogP contribution is 2.18. The smallest absolute Gasteiger partial charge is 0.123 e. The zero-order valence-electron chi connectivity index (χ0n) is 14.0. The Morgan fingerprint density at radius 2 is 1.52 bits per heavy atom. The van der Waals surface area contributed by atoms with Gasteiger partial charge in [0.05, 0.1) is 6.61 Å². The molecule has 1 aromatic carbocycles. The van der Waals surface area contributed by atoms with E-state index in [9.17, 15) is 0 Å². The van der Waals surface area contributed by atoms with Crippen LogP contribution in [0.25, 0.3) is 0 Å². The topological polar surface area (TPSA) is 21.3 Å². The van der Waals surface area contributed by atoms with E-state index in [1.807, 2.05) is 0 Å². The molecule has 0 amide bonds. The Morgan fingerprint density at radius 3 is 2.24 bits per heavy atom. The van der Waals surface area contributed by atoms with Gasteiger partial charge in [0.2, 0.25) is 0 Å². The molecule has 0 saturated heterocycles. The molecular weight excluding hydrogens is 258 g/mol. The Bertz CT molecular complexity index is 351. The van der Waals surface area contributed by atoms with E-state index in [2.05, 4.69) is 43.4 Å². The van der Waals surface area contributed by atoms with Gasteiger partial charge in [-0.2, -0.15) is 0 Å². The molecule has 0 radical (unpaired) electrons. The second-order valence-corrected chi connectivity index (χ2v) is 5.71. The van der Waals surface area contributed by atoms with Gasteiger partial charge >= 0.3 is 0 Å². The minimum atomic E-state index is 0.845. The van der Waals surface area contributed by atoms with Crippen molar-refractivity contribution in [2.45, 2.75) is 71.8 Å². The molecule has 1 N–H and O–H groups in total. The van der Waals surface area contributed by atoms with Crippen LogP contribution in [-0.2, 0) is 6.54 Å². The minimum Gasteiger partial charge on any atom is -0.493 e. The van der Waals surface area contributed by atoms with Gasteiger partial charge in [-0.05, 0) is 19.0 Å². The summed E-state index contributed by atoms with van der Waals surface area (Å²) in [4.78, 5) is 0. The molecular formula is C19H33NO. The zero-order valence-corrected chi connectivity index (χ0v) is 14.0. The van der Waals surface area contributed by atoms with Gasteiger partial charge in [-0.15, -0.1) is 0 Å². The van der Waals surface area contributed by atoms with Gasteiger partial charge in [0.1, 0.15) is 5.75 Å². The van der Waals surface area contributed by atoms with Crippen molar-refractivity contribution in [3.05, 3.63) is 29.8 Å². The first-order valence-electron chi connectivity index (χ1n) is 8.80. The summed E-state index contributed by atoms with van der Waals surface area (Å²) >= 11 is 0. The fourth-order valence-corrected chi connectivity index (χ4v) is 2.47. The van der Waals surface area contributed by atoms with Crippen molar-refractivity contribution in [1.82, 2.24) is 5.32 Å². The average Bonchev–Trinajstić information content (AvgIpc) is 2.52. The first kappa shape index (κ1) is 18.0. The number of benzene rings is 1. The van der Waals surface area contributed by atoms with E-state index in [4.69, 9.17) is 4.74 Å². The maximum absolute atomic E-state index is 5.94. The normalized spacial score (nSPS) is 10.8. The Hall–Kier alpha value is -1.02. The maximum Gasteiger partial charge on any atom is 0.123 e. The van der Waals surface area contributed by atoms with Gasteiger partial charge in [-0.1, -0.05) is 77.0 Å². The summed E-state index contributed by atoms with van der Waals surface area (Å²) in [6.07, 6.45) is 10.7. The third-order valence-electron chi connectivity index (χ3n) is 3.79. The van der Waals surface area contributed by atoms with E-state index < -0.39 is 0 Å². The highest BCUT2D eigenvalue weighted by atomic mass is 16.5. The molecule has 120 valence electrons. The summed E-state index contributed by atoms with van der Waals surface area (Å²) in [5, 5.41) is 3.36. The van der Waals surface area contributed by atoms with E-state index in [1.165, 1.54) is 56.9 Å². The van der Waals surface area contributed by atoms with E-state index in [-0.39, 0.29) is 0 Å². The average molecular weight is 291 g/mol. The molecule has 0 aliphatic carbocycles. The van der Waals surface area contributed by atoms with Gasteiger partial charge < -0.3 is 10.1 Å². The van der Waals surface area contributed by atoms with Crippen LogP contribution in [0.15, 0.2) is 24.3 Å². The lowest BCUT2D eigenvalue weighted by Crippen LogP contribution is -2.13. The Labute approximate surface area is 131 Å². The van der Waals surface area contributed by atoms with Crippen molar-refractivity contribution < 1.29 is 4.74 Å². The molecule has 2 nitrogen and oxygen atoms in total. The molecule has 0 aromatic heterocycles. The predicted octanol–water partition coefficient (Wildman–Crippen LogP) is 5.32. The molecule has 1 rings (SSSR count). The first-order valence-corrected chi connectivity index (χ1v) is 8.80. The number of ether oxygens (including phenoxy) is 1. The molecule has 2 heteroatoms. The third kappa shape index (κ3) is 8.77. The Kier molecular flexibility index (Phi) is 10.9. The predicted molar refractivity (Wildman–Crippen MR) is 91.9 cm³/mol. The van der Waals surface area contributed by atoms with Crippen LogP contribution < -0.4 is 10.1 Å². The summed E-state index contributed by atoms with van der Waals surface area (Å²) < 4.78 is 5.94. The van der Waals surface area contributed by atoms with Crippen LogP contribution in [0.2, 0.25) is 0 Å². The standard InChI is InChI=1S/C19H33NO/c1-3-5-6-7-8-9-10-13-16-21-19-15-12-11-14-18(19)17-20-4-2/h11-12,14-15,20H,3-10,13,16-17H2,1-2H3. The van der Waals surface area contributed by atoms with Crippen molar-refractivity contribution in [1.29, 1.82) is 0 Å². The fourth-order valence-electron chi connectivity index (χ4n) is 2.47. The molecule has 0 aliphatic heterocycles. The van der Waals surface area contributed by atoms with Gasteiger partial charge in [0.25, 0.3) is 0 Å². The van der Waals surface area contributed by atoms with Crippen LogP contribution in [0, 0.1) is 0 Å². The summed E-state index contributed by atoms with van der Waals surface area (Å²) in [6, 6.07) is 8.36. The molecule has 1 aromatic rings. The lowest BCUT2D eigenvalue weighted by molar-refractivity contribution is 0.300. The minimum absolute atomic E-state index is 0.845. The second kappa shape index (κ2) is 12.7. The van der Waals surface area contributed by atoms with Gasteiger partial charge in [0.15, 0.2) is 0 Å². The fraction of sp³-hybridized carbons (Fsp3) is 0.684. The molecule has 0 saturated carbocycles.